The fraction of sp³-hybridized carbons (Fsp3) is 0.0667. The highest BCUT2D eigenvalue weighted by molar-refractivity contribution is 8.00. The molecule has 2 aromatic carbocycles. The van der Waals surface area contributed by atoms with Crippen molar-refractivity contribution in [1.29, 1.82) is 0 Å². The van der Waals surface area contributed by atoms with E-state index in [-0.39, 0.29) is 22.3 Å². The van der Waals surface area contributed by atoms with Crippen molar-refractivity contribution in [2.75, 3.05) is 5.32 Å². The van der Waals surface area contributed by atoms with Crippen LogP contribution in [-0.2, 0) is 0 Å². The lowest BCUT2D eigenvalue weighted by atomic mass is 10.2. The topological polar surface area (TPSA) is 58.2 Å². The Morgan fingerprint density at radius 2 is 1.48 bits per heavy atom. The third-order valence-electron chi connectivity index (χ3n) is 2.76. The molecule has 0 radical (unpaired) electrons. The van der Waals surface area contributed by atoms with Gasteiger partial charge in [0.05, 0.1) is 0 Å². The van der Waals surface area contributed by atoms with Gasteiger partial charge in [-0.25, -0.2) is 13.6 Å². The van der Waals surface area contributed by atoms with E-state index >= 15 is 0 Å². The Morgan fingerprint density at radius 1 is 0.920 bits per heavy atom. The van der Waals surface area contributed by atoms with Crippen molar-refractivity contribution in [3.63, 3.8) is 0 Å². The maximum absolute atomic E-state index is 13.4. The molecule has 0 fully saturated rings. The number of carbonyl (C=O) groups excluding carboxylic acids is 2. The highest BCUT2D eigenvalue weighted by atomic mass is 32.2. The van der Waals surface area contributed by atoms with E-state index in [0.717, 1.165) is 30.3 Å². The number of anilines is 1. The summed E-state index contributed by atoms with van der Waals surface area (Å²) in [4.78, 5) is 23.3. The zero-order valence-electron chi connectivity index (χ0n) is 12.2. The van der Waals surface area contributed by atoms with Crippen molar-refractivity contribution in [2.45, 2.75) is 10.4 Å². The Labute approximate surface area is 142 Å². The predicted octanol–water partition coefficient (Wildman–Crippen LogP) is 4.54. The lowest BCUT2D eigenvalue weighted by Gasteiger charge is -2.09. The molecule has 3 amide bonds. The van der Waals surface area contributed by atoms with Gasteiger partial charge in [0.1, 0.15) is 17.2 Å². The number of urea groups is 1. The number of benzene rings is 2. The number of hydrogen-bond acceptors (Lipinski definition) is 3. The van der Waals surface area contributed by atoms with Gasteiger partial charge in [-0.15, -0.1) is 0 Å². The number of nitrogens with one attached hydrogen (secondary N) is 2. The Hall–Kier alpha value is -2.62. The smallest absolute Gasteiger partial charge is 0.308 e. The van der Waals surface area contributed by atoms with Crippen LogP contribution in [0.3, 0.4) is 0 Å². The third-order valence-corrected chi connectivity index (χ3v) is 3.50. The summed E-state index contributed by atoms with van der Waals surface area (Å²) in [5.74, 6) is -3.57. The van der Waals surface area contributed by atoms with Crippen LogP contribution in [0.25, 0.3) is 0 Å². The normalized spacial score (nSPS) is 11.1. The lowest BCUT2D eigenvalue weighted by molar-refractivity contribution is -0.0328. The van der Waals surface area contributed by atoms with Crippen LogP contribution >= 0.6 is 11.8 Å². The Balaban J connectivity index is 1.99. The van der Waals surface area contributed by atoms with E-state index in [0.29, 0.717) is 0 Å². The van der Waals surface area contributed by atoms with E-state index in [1.54, 1.807) is 5.32 Å². The second-order valence-electron chi connectivity index (χ2n) is 4.58. The summed E-state index contributed by atoms with van der Waals surface area (Å²) in [6.45, 7) is 0. The summed E-state index contributed by atoms with van der Waals surface area (Å²) < 4.78 is 63.5. The first kappa shape index (κ1) is 18.7. The first-order chi connectivity index (χ1) is 11.7. The first-order valence-electron chi connectivity index (χ1n) is 6.58. The molecule has 0 aliphatic heterocycles. The van der Waals surface area contributed by atoms with Gasteiger partial charge in [0.25, 0.3) is 5.91 Å². The number of halogens is 5. The summed E-state index contributed by atoms with van der Waals surface area (Å²) in [6, 6.07) is 6.27. The molecular formula is C15H9F5N2O2S. The summed E-state index contributed by atoms with van der Waals surface area (Å²) >= 11 is -0.326. The van der Waals surface area contributed by atoms with E-state index in [9.17, 15) is 31.5 Å². The van der Waals surface area contributed by atoms with Gasteiger partial charge in [0.15, 0.2) is 0 Å². The average molecular weight is 376 g/mol. The largest absolute Gasteiger partial charge is 0.446 e. The van der Waals surface area contributed by atoms with Crippen molar-refractivity contribution in [3.05, 3.63) is 59.7 Å². The van der Waals surface area contributed by atoms with Crippen molar-refractivity contribution in [3.8, 4) is 0 Å². The quantitative estimate of drug-likeness (QED) is 0.611. The van der Waals surface area contributed by atoms with Gasteiger partial charge < -0.3 is 5.32 Å². The molecule has 0 spiro atoms. The second-order valence-corrected chi connectivity index (χ2v) is 5.72. The predicted molar refractivity (Wildman–Crippen MR) is 81.2 cm³/mol. The minimum Gasteiger partial charge on any atom is -0.308 e. The molecule has 0 bridgehead atoms. The third kappa shape index (κ3) is 5.45. The van der Waals surface area contributed by atoms with Crippen molar-refractivity contribution in [2.24, 2.45) is 0 Å². The monoisotopic (exact) mass is 376 g/mol. The molecule has 0 unspecified atom stereocenters. The Kier molecular flexibility index (Phi) is 5.62. The number of carbonyl (C=O) groups is 2. The SMILES string of the molecule is O=C(NC(=O)c1c(F)cccc1F)Nc1ccc(SC(F)(F)F)cc1. The molecule has 132 valence electrons. The van der Waals surface area contributed by atoms with Crippen LogP contribution in [0, 0.1) is 11.6 Å². The van der Waals surface area contributed by atoms with Crippen LogP contribution in [0.15, 0.2) is 47.4 Å². The maximum Gasteiger partial charge on any atom is 0.446 e. The number of alkyl halides is 3. The van der Waals surface area contributed by atoms with Gasteiger partial charge >= 0.3 is 11.5 Å². The summed E-state index contributed by atoms with van der Waals surface area (Å²) in [7, 11) is 0. The standard InChI is InChI=1S/C15H9F5N2O2S/c16-10-2-1-3-11(17)12(10)13(23)22-14(24)21-8-4-6-9(7-5-8)25-15(18,19)20/h1-7H,(H2,21,22,23,24). The molecule has 4 nitrogen and oxygen atoms in total. The van der Waals surface area contributed by atoms with Crippen LogP contribution < -0.4 is 10.6 Å². The second kappa shape index (κ2) is 7.51. The first-order valence-corrected chi connectivity index (χ1v) is 7.39. The maximum atomic E-state index is 13.4. The van der Waals surface area contributed by atoms with Crippen molar-refractivity contribution >= 4 is 29.4 Å². The van der Waals surface area contributed by atoms with Gasteiger partial charge in [-0.3, -0.25) is 10.1 Å². The highest BCUT2D eigenvalue weighted by Crippen LogP contribution is 2.37. The summed E-state index contributed by atoms with van der Waals surface area (Å²) in [6.07, 6.45) is 0. The Morgan fingerprint density at radius 3 is 2.00 bits per heavy atom. The molecule has 0 aliphatic rings. The molecule has 10 heteroatoms. The molecule has 2 aromatic rings. The van der Waals surface area contributed by atoms with E-state index < -0.39 is 34.6 Å². The van der Waals surface area contributed by atoms with E-state index in [2.05, 4.69) is 5.32 Å². The van der Waals surface area contributed by atoms with Crippen LogP contribution in [0.2, 0.25) is 0 Å². The van der Waals surface area contributed by atoms with Crippen LogP contribution in [0.5, 0.6) is 0 Å². The zero-order chi connectivity index (χ0) is 18.6. The molecule has 0 heterocycles. The van der Waals surface area contributed by atoms with E-state index in [1.807, 2.05) is 0 Å². The summed E-state index contributed by atoms with van der Waals surface area (Å²) in [5.41, 5.74) is -5.27. The molecule has 0 aliphatic carbocycles. The van der Waals surface area contributed by atoms with Gasteiger partial charge in [-0.2, -0.15) is 13.2 Å². The molecule has 0 atom stereocenters. The van der Waals surface area contributed by atoms with Crippen LogP contribution in [0.4, 0.5) is 32.4 Å². The van der Waals surface area contributed by atoms with Crippen molar-refractivity contribution < 1.29 is 31.5 Å². The summed E-state index contributed by atoms with van der Waals surface area (Å²) in [5, 5.41) is 3.89. The number of hydrogen-bond donors (Lipinski definition) is 2. The average Bonchev–Trinajstić information content (AvgIpc) is 2.47. The number of imide groups is 1. The van der Waals surface area contributed by atoms with E-state index in [4.69, 9.17) is 0 Å². The minimum atomic E-state index is -4.44. The lowest BCUT2D eigenvalue weighted by Crippen LogP contribution is -2.35. The van der Waals surface area contributed by atoms with Crippen LogP contribution in [-0.4, -0.2) is 17.4 Å². The number of rotatable bonds is 3. The molecule has 0 aromatic heterocycles. The molecule has 2 rings (SSSR count). The van der Waals surface area contributed by atoms with Gasteiger partial charge in [0, 0.05) is 10.6 Å². The molecule has 0 saturated carbocycles. The fourth-order valence-corrected chi connectivity index (χ4v) is 2.32. The Bertz CT molecular complexity index is 773. The molecule has 0 saturated heterocycles. The van der Waals surface area contributed by atoms with Gasteiger partial charge in [-0.05, 0) is 48.2 Å². The van der Waals surface area contributed by atoms with Crippen LogP contribution in [0.1, 0.15) is 10.4 Å². The van der Waals surface area contributed by atoms with Gasteiger partial charge in [0.2, 0.25) is 0 Å². The number of thioether (sulfide) groups is 1. The van der Waals surface area contributed by atoms with E-state index in [1.165, 1.54) is 12.1 Å². The zero-order valence-corrected chi connectivity index (χ0v) is 13.0. The fourth-order valence-electron chi connectivity index (χ4n) is 1.78. The molecular weight excluding hydrogens is 367 g/mol. The number of amides is 3. The minimum absolute atomic E-state index is 0.0887. The van der Waals surface area contributed by atoms with Gasteiger partial charge in [-0.1, -0.05) is 6.07 Å². The van der Waals surface area contributed by atoms with Crippen molar-refractivity contribution in [1.82, 2.24) is 5.32 Å². The highest BCUT2D eigenvalue weighted by Gasteiger charge is 2.29. The molecule has 2 N–H and O–H groups in total. The molecule has 25 heavy (non-hydrogen) atoms.